The zero-order valence-electron chi connectivity index (χ0n) is 12.1. The lowest BCUT2D eigenvalue weighted by Gasteiger charge is -2.23. The van der Waals surface area contributed by atoms with Crippen molar-refractivity contribution < 1.29 is 9.53 Å². The number of rotatable bonds is 6. The van der Waals surface area contributed by atoms with Crippen LogP contribution in [0.1, 0.15) is 38.9 Å². The molecule has 1 saturated heterocycles. The van der Waals surface area contributed by atoms with Crippen molar-refractivity contribution in [3.05, 3.63) is 10.6 Å². The Kier molecular flexibility index (Phi) is 4.93. The summed E-state index contributed by atoms with van der Waals surface area (Å²) in [5.41, 5.74) is -0.222. The molecular weight excluding hydrogens is 276 g/mol. The molecular formula is C13H22N4O2S. The van der Waals surface area contributed by atoms with Crippen molar-refractivity contribution in [1.82, 2.24) is 20.1 Å². The molecule has 1 aromatic heterocycles. The molecule has 1 atom stereocenters. The van der Waals surface area contributed by atoms with Crippen molar-refractivity contribution >= 4 is 18.1 Å². The number of hydrogen-bond donors (Lipinski definition) is 2. The average molecular weight is 298 g/mol. The van der Waals surface area contributed by atoms with Crippen LogP contribution in [0, 0.1) is 4.77 Å². The molecule has 20 heavy (non-hydrogen) atoms. The Bertz CT molecular complexity index is 517. The van der Waals surface area contributed by atoms with Gasteiger partial charge in [-0.15, -0.1) is 0 Å². The number of ether oxygens (including phenoxy) is 1. The fraction of sp³-hybridized carbons (Fsp3) is 0.769. The second kappa shape index (κ2) is 6.49. The van der Waals surface area contributed by atoms with Crippen LogP contribution in [0.3, 0.4) is 0 Å². The van der Waals surface area contributed by atoms with Crippen molar-refractivity contribution in [2.45, 2.75) is 51.7 Å². The number of nitrogens with zero attached hydrogens (tertiary/aromatic N) is 2. The van der Waals surface area contributed by atoms with E-state index in [0.29, 0.717) is 11.3 Å². The summed E-state index contributed by atoms with van der Waals surface area (Å²) in [6, 6.07) is 0. The van der Waals surface area contributed by atoms with Crippen LogP contribution in [0.5, 0.6) is 0 Å². The molecule has 2 N–H and O–H groups in total. The number of carbonyl (C=O) groups excluding carboxylic acids is 1. The number of nitrogens with one attached hydrogen (secondary N) is 2. The highest BCUT2D eigenvalue weighted by molar-refractivity contribution is 7.71. The first kappa shape index (κ1) is 15.2. The number of aromatic nitrogens is 3. The summed E-state index contributed by atoms with van der Waals surface area (Å²) in [5.74, 6) is 0.771. The first-order chi connectivity index (χ1) is 9.54. The van der Waals surface area contributed by atoms with Crippen LogP contribution < -0.4 is 5.32 Å². The first-order valence-electron chi connectivity index (χ1n) is 7.09. The average Bonchev–Trinajstić information content (AvgIpc) is 2.98. The number of carbonyl (C=O) groups is 1. The van der Waals surface area contributed by atoms with Gasteiger partial charge in [-0.05, 0) is 38.4 Å². The molecule has 112 valence electrons. The van der Waals surface area contributed by atoms with E-state index in [1.165, 1.54) is 0 Å². The first-order valence-corrected chi connectivity index (χ1v) is 7.49. The molecule has 1 unspecified atom stereocenters. The summed E-state index contributed by atoms with van der Waals surface area (Å²) in [6.07, 6.45) is 3.81. The Balaban J connectivity index is 1.91. The second-order valence-electron chi connectivity index (χ2n) is 5.46. The molecule has 1 aliphatic heterocycles. The SMILES string of the molecule is CCCc1n[nH]c(=S)n1CC(=O)NCC1(C)CCCO1. The largest absolute Gasteiger partial charge is 0.373 e. The van der Waals surface area contributed by atoms with Gasteiger partial charge < -0.3 is 10.1 Å². The highest BCUT2D eigenvalue weighted by Crippen LogP contribution is 2.23. The van der Waals surface area contributed by atoms with Gasteiger partial charge in [0, 0.05) is 19.6 Å². The zero-order valence-corrected chi connectivity index (χ0v) is 12.9. The van der Waals surface area contributed by atoms with E-state index in [4.69, 9.17) is 17.0 Å². The summed E-state index contributed by atoms with van der Waals surface area (Å²) in [5, 5.41) is 9.82. The summed E-state index contributed by atoms with van der Waals surface area (Å²) >= 11 is 5.16. The fourth-order valence-electron chi connectivity index (χ4n) is 2.39. The molecule has 0 bridgehead atoms. The lowest BCUT2D eigenvalue weighted by Crippen LogP contribution is -2.41. The summed E-state index contributed by atoms with van der Waals surface area (Å²) in [7, 11) is 0. The maximum Gasteiger partial charge on any atom is 0.240 e. The Morgan fingerprint density at radius 2 is 2.45 bits per heavy atom. The molecule has 0 saturated carbocycles. The standard InChI is InChI=1S/C13H22N4O2S/c1-3-5-10-15-16-12(20)17(10)8-11(18)14-9-13(2)6-4-7-19-13/h3-9H2,1-2H3,(H,14,18)(H,16,20). The van der Waals surface area contributed by atoms with Crippen LogP contribution in [0.25, 0.3) is 0 Å². The van der Waals surface area contributed by atoms with Crippen molar-refractivity contribution in [3.8, 4) is 0 Å². The minimum atomic E-state index is -0.222. The molecule has 0 spiro atoms. The smallest absolute Gasteiger partial charge is 0.240 e. The van der Waals surface area contributed by atoms with Crippen LogP contribution in [-0.2, 0) is 22.5 Å². The normalized spacial score (nSPS) is 22.1. The third-order valence-corrected chi connectivity index (χ3v) is 3.88. The van der Waals surface area contributed by atoms with Crippen molar-refractivity contribution in [1.29, 1.82) is 0 Å². The van der Waals surface area contributed by atoms with Gasteiger partial charge in [0.1, 0.15) is 12.4 Å². The molecule has 0 radical (unpaired) electrons. The van der Waals surface area contributed by atoms with E-state index in [-0.39, 0.29) is 18.1 Å². The van der Waals surface area contributed by atoms with Crippen LogP contribution in [0.4, 0.5) is 0 Å². The van der Waals surface area contributed by atoms with Gasteiger partial charge in [0.2, 0.25) is 5.91 Å². The van der Waals surface area contributed by atoms with E-state index < -0.39 is 0 Å². The van der Waals surface area contributed by atoms with Gasteiger partial charge in [0.25, 0.3) is 0 Å². The minimum absolute atomic E-state index is 0.0587. The van der Waals surface area contributed by atoms with Crippen LogP contribution in [0.15, 0.2) is 0 Å². The molecule has 7 heteroatoms. The second-order valence-corrected chi connectivity index (χ2v) is 5.85. The molecule has 1 amide bonds. The van der Waals surface area contributed by atoms with Gasteiger partial charge in [-0.1, -0.05) is 6.92 Å². The summed E-state index contributed by atoms with van der Waals surface area (Å²) < 4.78 is 7.90. The van der Waals surface area contributed by atoms with Crippen molar-refractivity contribution in [2.24, 2.45) is 0 Å². The van der Waals surface area contributed by atoms with E-state index in [9.17, 15) is 4.79 Å². The summed E-state index contributed by atoms with van der Waals surface area (Å²) in [6.45, 7) is 5.63. The van der Waals surface area contributed by atoms with Gasteiger partial charge in [0.05, 0.1) is 5.60 Å². The van der Waals surface area contributed by atoms with E-state index in [1.807, 2.05) is 6.92 Å². The van der Waals surface area contributed by atoms with E-state index >= 15 is 0 Å². The maximum absolute atomic E-state index is 12.0. The third kappa shape index (κ3) is 3.67. The number of aromatic amines is 1. The molecule has 1 aliphatic rings. The molecule has 0 aliphatic carbocycles. The summed E-state index contributed by atoms with van der Waals surface area (Å²) in [4.78, 5) is 12.0. The Labute approximate surface area is 123 Å². The topological polar surface area (TPSA) is 71.9 Å². The molecule has 1 fully saturated rings. The van der Waals surface area contributed by atoms with Gasteiger partial charge in [-0.3, -0.25) is 14.5 Å². The van der Waals surface area contributed by atoms with E-state index in [2.05, 4.69) is 22.4 Å². The monoisotopic (exact) mass is 298 g/mol. The number of amides is 1. The quantitative estimate of drug-likeness (QED) is 0.782. The Morgan fingerprint density at radius 1 is 1.65 bits per heavy atom. The van der Waals surface area contributed by atoms with Gasteiger partial charge in [0.15, 0.2) is 4.77 Å². The minimum Gasteiger partial charge on any atom is -0.373 e. The molecule has 1 aromatic rings. The van der Waals surface area contributed by atoms with Crippen LogP contribution in [-0.4, -0.2) is 39.4 Å². The third-order valence-electron chi connectivity index (χ3n) is 3.57. The van der Waals surface area contributed by atoms with Gasteiger partial charge >= 0.3 is 0 Å². The predicted octanol–water partition coefficient (Wildman–Crippen LogP) is 1.58. The Morgan fingerprint density at radius 3 is 3.10 bits per heavy atom. The molecule has 2 rings (SSSR count). The highest BCUT2D eigenvalue weighted by Gasteiger charge is 2.30. The lowest BCUT2D eigenvalue weighted by molar-refractivity contribution is -0.123. The fourth-order valence-corrected chi connectivity index (χ4v) is 2.60. The molecule has 0 aromatic carbocycles. The predicted molar refractivity (Wildman–Crippen MR) is 78.0 cm³/mol. The number of aryl methyl sites for hydroxylation is 1. The van der Waals surface area contributed by atoms with Crippen molar-refractivity contribution in [3.63, 3.8) is 0 Å². The van der Waals surface area contributed by atoms with E-state index in [0.717, 1.165) is 38.1 Å². The molecule has 6 nitrogen and oxygen atoms in total. The van der Waals surface area contributed by atoms with Crippen LogP contribution in [0.2, 0.25) is 0 Å². The van der Waals surface area contributed by atoms with Gasteiger partial charge in [-0.25, -0.2) is 0 Å². The number of hydrogen-bond acceptors (Lipinski definition) is 4. The van der Waals surface area contributed by atoms with Crippen molar-refractivity contribution in [2.75, 3.05) is 13.2 Å². The zero-order chi connectivity index (χ0) is 14.6. The highest BCUT2D eigenvalue weighted by atomic mass is 32.1. The van der Waals surface area contributed by atoms with Crippen LogP contribution >= 0.6 is 12.2 Å². The molecule has 2 heterocycles. The maximum atomic E-state index is 12.0. The van der Waals surface area contributed by atoms with E-state index in [1.54, 1.807) is 4.57 Å². The van der Waals surface area contributed by atoms with Gasteiger partial charge in [-0.2, -0.15) is 5.10 Å². The Hall–Kier alpha value is -1.21. The lowest BCUT2D eigenvalue weighted by atomic mass is 10.0. The number of H-pyrrole nitrogens is 1.